The highest BCUT2D eigenvalue weighted by molar-refractivity contribution is 6.01. The Kier molecular flexibility index (Phi) is 5.98. The minimum absolute atomic E-state index is 0.0187. The number of amides is 2. The van der Waals surface area contributed by atoms with Crippen molar-refractivity contribution in [3.8, 4) is 11.5 Å². The van der Waals surface area contributed by atoms with E-state index in [1.165, 1.54) is 0 Å². The Morgan fingerprint density at radius 1 is 1.03 bits per heavy atom. The van der Waals surface area contributed by atoms with Crippen LogP contribution >= 0.6 is 0 Å². The fraction of sp³-hybridized carbons (Fsp3) is 0.462. The Morgan fingerprint density at radius 3 is 2.70 bits per heavy atom. The predicted molar refractivity (Wildman–Crippen MR) is 125 cm³/mol. The summed E-state index contributed by atoms with van der Waals surface area (Å²) in [5, 5.41) is 0. The SMILES string of the molecule is CCCN1C(=O)c2ccccc2C(C(=O)N2CCCN(C)CC2)C1c1ccc2c(c1)OCO2. The molecule has 5 rings (SSSR count). The van der Waals surface area contributed by atoms with Crippen LogP contribution in [0, 0.1) is 0 Å². The van der Waals surface area contributed by atoms with Crippen molar-refractivity contribution in [1.29, 1.82) is 0 Å². The topological polar surface area (TPSA) is 62.3 Å². The summed E-state index contributed by atoms with van der Waals surface area (Å²) in [6.07, 6.45) is 1.76. The number of fused-ring (bicyclic) bond motifs is 2. The molecular weight excluding hydrogens is 418 g/mol. The minimum Gasteiger partial charge on any atom is -0.454 e. The summed E-state index contributed by atoms with van der Waals surface area (Å²) in [7, 11) is 2.10. The molecule has 2 unspecified atom stereocenters. The van der Waals surface area contributed by atoms with Crippen LogP contribution in [0.15, 0.2) is 42.5 Å². The second-order valence-corrected chi connectivity index (χ2v) is 9.10. The van der Waals surface area contributed by atoms with Crippen LogP contribution < -0.4 is 9.47 Å². The average molecular weight is 450 g/mol. The van der Waals surface area contributed by atoms with Crippen LogP contribution in [0.5, 0.6) is 11.5 Å². The maximum Gasteiger partial charge on any atom is 0.254 e. The molecule has 0 spiro atoms. The van der Waals surface area contributed by atoms with Gasteiger partial charge in [-0.25, -0.2) is 0 Å². The van der Waals surface area contributed by atoms with Crippen molar-refractivity contribution in [2.75, 3.05) is 46.6 Å². The lowest BCUT2D eigenvalue weighted by molar-refractivity contribution is -0.134. The summed E-state index contributed by atoms with van der Waals surface area (Å²) >= 11 is 0. The fourth-order valence-corrected chi connectivity index (χ4v) is 5.28. The van der Waals surface area contributed by atoms with Gasteiger partial charge in [0.1, 0.15) is 0 Å². The molecule has 1 saturated heterocycles. The van der Waals surface area contributed by atoms with Crippen LogP contribution in [-0.4, -0.2) is 73.1 Å². The van der Waals surface area contributed by atoms with Crippen molar-refractivity contribution in [2.24, 2.45) is 0 Å². The standard InChI is InChI=1S/C26H31N3O4/c1-3-11-29-24(18-9-10-21-22(16-18)33-17-32-21)23(19-7-4-5-8-20(19)25(29)30)26(31)28-13-6-12-27(2)14-15-28/h4-5,7-10,16,23-24H,3,6,11-15,17H2,1-2H3. The number of rotatable bonds is 4. The van der Waals surface area contributed by atoms with Gasteiger partial charge in [0.15, 0.2) is 11.5 Å². The number of ether oxygens (including phenoxy) is 2. The maximum atomic E-state index is 14.2. The van der Waals surface area contributed by atoms with E-state index in [1.807, 2.05) is 52.3 Å². The van der Waals surface area contributed by atoms with Gasteiger partial charge in [0.05, 0.1) is 12.0 Å². The van der Waals surface area contributed by atoms with Gasteiger partial charge in [0, 0.05) is 31.7 Å². The van der Waals surface area contributed by atoms with Gasteiger partial charge in [-0.2, -0.15) is 0 Å². The Labute approximate surface area is 194 Å². The summed E-state index contributed by atoms with van der Waals surface area (Å²) in [6, 6.07) is 13.0. The largest absolute Gasteiger partial charge is 0.454 e. The van der Waals surface area contributed by atoms with Crippen molar-refractivity contribution in [3.05, 3.63) is 59.2 Å². The quantitative estimate of drug-likeness (QED) is 0.717. The Morgan fingerprint density at radius 2 is 1.85 bits per heavy atom. The molecule has 0 bridgehead atoms. The fourth-order valence-electron chi connectivity index (χ4n) is 5.28. The zero-order valence-electron chi connectivity index (χ0n) is 19.3. The Balaban J connectivity index is 1.62. The van der Waals surface area contributed by atoms with E-state index in [4.69, 9.17) is 9.47 Å². The van der Waals surface area contributed by atoms with Crippen LogP contribution in [0.3, 0.4) is 0 Å². The highest BCUT2D eigenvalue weighted by Crippen LogP contribution is 2.46. The molecule has 2 aromatic carbocycles. The molecular formula is C26H31N3O4. The van der Waals surface area contributed by atoms with E-state index in [-0.39, 0.29) is 18.6 Å². The van der Waals surface area contributed by atoms with Crippen molar-refractivity contribution >= 4 is 11.8 Å². The van der Waals surface area contributed by atoms with E-state index in [0.29, 0.717) is 30.2 Å². The molecule has 0 saturated carbocycles. The van der Waals surface area contributed by atoms with Crippen molar-refractivity contribution in [1.82, 2.24) is 14.7 Å². The summed E-state index contributed by atoms with van der Waals surface area (Å²) in [5.74, 6) is 0.970. The first-order valence-corrected chi connectivity index (χ1v) is 11.8. The van der Waals surface area contributed by atoms with Crippen molar-refractivity contribution < 1.29 is 19.1 Å². The molecule has 0 N–H and O–H groups in total. The molecule has 2 aromatic rings. The smallest absolute Gasteiger partial charge is 0.254 e. The lowest BCUT2D eigenvalue weighted by atomic mass is 9.78. The number of carbonyl (C=O) groups excluding carboxylic acids is 2. The van der Waals surface area contributed by atoms with Crippen LogP contribution in [0.1, 0.15) is 53.2 Å². The van der Waals surface area contributed by atoms with E-state index in [9.17, 15) is 9.59 Å². The predicted octanol–water partition coefficient (Wildman–Crippen LogP) is 3.27. The lowest BCUT2D eigenvalue weighted by Gasteiger charge is -2.43. The second kappa shape index (κ2) is 9.06. The average Bonchev–Trinajstić information content (AvgIpc) is 3.19. The van der Waals surface area contributed by atoms with Gasteiger partial charge in [-0.05, 0) is 55.8 Å². The van der Waals surface area contributed by atoms with Gasteiger partial charge in [0.2, 0.25) is 12.7 Å². The third-order valence-corrected chi connectivity index (χ3v) is 6.94. The molecule has 174 valence electrons. The second-order valence-electron chi connectivity index (χ2n) is 9.10. The summed E-state index contributed by atoms with van der Waals surface area (Å²) < 4.78 is 11.1. The van der Waals surface area contributed by atoms with Gasteiger partial charge in [-0.15, -0.1) is 0 Å². The molecule has 2 atom stereocenters. The zero-order valence-corrected chi connectivity index (χ0v) is 19.3. The Hall–Kier alpha value is -3.06. The lowest BCUT2D eigenvalue weighted by Crippen LogP contribution is -2.49. The molecule has 3 aliphatic rings. The number of hydrogen-bond donors (Lipinski definition) is 0. The normalized spacial score (nSPS) is 22.8. The van der Waals surface area contributed by atoms with E-state index in [2.05, 4.69) is 18.9 Å². The molecule has 0 aliphatic carbocycles. The number of carbonyl (C=O) groups is 2. The third-order valence-electron chi connectivity index (χ3n) is 6.94. The minimum atomic E-state index is -0.464. The number of hydrogen-bond acceptors (Lipinski definition) is 5. The number of benzene rings is 2. The first-order valence-electron chi connectivity index (χ1n) is 11.8. The first-order chi connectivity index (χ1) is 16.1. The molecule has 7 heteroatoms. The molecule has 3 aliphatic heterocycles. The van der Waals surface area contributed by atoms with Gasteiger partial charge in [-0.3, -0.25) is 9.59 Å². The van der Waals surface area contributed by atoms with Crippen LogP contribution in [-0.2, 0) is 4.79 Å². The number of nitrogens with zero attached hydrogens (tertiary/aromatic N) is 3. The van der Waals surface area contributed by atoms with Crippen LogP contribution in [0.4, 0.5) is 0 Å². The summed E-state index contributed by atoms with van der Waals surface area (Å²) in [4.78, 5) is 33.9. The van der Waals surface area contributed by atoms with E-state index in [1.54, 1.807) is 0 Å². The van der Waals surface area contributed by atoms with E-state index in [0.717, 1.165) is 43.6 Å². The molecule has 3 heterocycles. The van der Waals surface area contributed by atoms with E-state index < -0.39 is 12.0 Å². The van der Waals surface area contributed by atoms with Gasteiger partial charge in [0.25, 0.3) is 5.91 Å². The maximum absolute atomic E-state index is 14.2. The summed E-state index contributed by atoms with van der Waals surface area (Å²) in [6.45, 7) is 6.10. The van der Waals surface area contributed by atoms with Gasteiger partial charge in [-0.1, -0.05) is 31.2 Å². The molecule has 0 radical (unpaired) electrons. The van der Waals surface area contributed by atoms with Crippen molar-refractivity contribution in [3.63, 3.8) is 0 Å². The molecule has 2 amide bonds. The molecule has 33 heavy (non-hydrogen) atoms. The Bertz CT molecular complexity index is 1060. The highest BCUT2D eigenvalue weighted by Gasteiger charge is 2.45. The monoisotopic (exact) mass is 449 g/mol. The van der Waals surface area contributed by atoms with Crippen LogP contribution in [0.25, 0.3) is 0 Å². The number of likely N-dealkylation sites (N-methyl/N-ethyl adjacent to an activating group) is 1. The zero-order chi connectivity index (χ0) is 22.9. The van der Waals surface area contributed by atoms with Crippen molar-refractivity contribution in [2.45, 2.75) is 31.7 Å². The van der Waals surface area contributed by atoms with Crippen LogP contribution in [0.2, 0.25) is 0 Å². The van der Waals surface area contributed by atoms with Gasteiger partial charge >= 0.3 is 0 Å². The first kappa shape index (κ1) is 21.8. The third kappa shape index (κ3) is 3.95. The summed E-state index contributed by atoms with van der Waals surface area (Å²) in [5.41, 5.74) is 2.36. The van der Waals surface area contributed by atoms with Gasteiger partial charge < -0.3 is 24.2 Å². The molecule has 1 fully saturated rings. The molecule has 7 nitrogen and oxygen atoms in total. The van der Waals surface area contributed by atoms with E-state index >= 15 is 0 Å². The highest BCUT2D eigenvalue weighted by atomic mass is 16.7. The molecule has 0 aromatic heterocycles.